The van der Waals surface area contributed by atoms with Crippen LogP contribution in [0.25, 0.3) is 0 Å². The van der Waals surface area contributed by atoms with Gasteiger partial charge in [0.05, 0.1) is 6.61 Å². The zero-order chi connectivity index (χ0) is 23.4. The molecule has 0 heterocycles. The van der Waals surface area contributed by atoms with Crippen LogP contribution < -0.4 is 4.89 Å². The summed E-state index contributed by atoms with van der Waals surface area (Å²) in [5.74, 6) is -1.13. The molecule has 2 N–H and O–H groups in total. The van der Waals surface area contributed by atoms with Gasteiger partial charge in [-0.25, -0.2) is 0 Å². The van der Waals surface area contributed by atoms with Crippen molar-refractivity contribution in [1.29, 1.82) is 0 Å². The fourth-order valence-corrected chi connectivity index (χ4v) is 3.47. The second kappa shape index (κ2) is 19.7. The van der Waals surface area contributed by atoms with Gasteiger partial charge in [-0.1, -0.05) is 70.6 Å². The van der Waals surface area contributed by atoms with Gasteiger partial charge in [0, 0.05) is 20.0 Å². The van der Waals surface area contributed by atoms with E-state index in [4.69, 9.17) is 19.5 Å². The Labute approximate surface area is 186 Å². The van der Waals surface area contributed by atoms with E-state index < -0.39 is 32.5 Å². The molecule has 0 bridgehead atoms. The number of unbranched alkanes of at least 4 members (excludes halogenated alkanes) is 12. The number of hydrogen-bond donors (Lipinski definition) is 2. The summed E-state index contributed by atoms with van der Waals surface area (Å²) in [6.07, 6.45) is 13.7. The molecule has 0 aliphatic rings. The predicted molar refractivity (Wildman–Crippen MR) is 114 cm³/mol. The second-order valence-electron chi connectivity index (χ2n) is 7.75. The highest BCUT2D eigenvalue weighted by atomic mass is 31.2. The van der Waals surface area contributed by atoms with Crippen molar-refractivity contribution in [2.45, 2.75) is 103 Å². The smallest absolute Gasteiger partial charge is 0.305 e. The average molecular weight is 468 g/mol. The molecule has 0 aromatic carbocycles. The van der Waals surface area contributed by atoms with Crippen LogP contribution in [0.3, 0.4) is 0 Å². The molecule has 9 nitrogen and oxygen atoms in total. The topological polar surface area (TPSA) is 142 Å². The van der Waals surface area contributed by atoms with E-state index in [-0.39, 0.29) is 13.0 Å². The van der Waals surface area contributed by atoms with E-state index in [9.17, 15) is 19.0 Å². The van der Waals surface area contributed by atoms with E-state index in [1.165, 1.54) is 44.9 Å². The average Bonchev–Trinajstić information content (AvgIpc) is 2.69. The Kier molecular flexibility index (Phi) is 19.0. The minimum atomic E-state index is -4.94. The molecular formula is C21H40O9P-. The third-order valence-corrected chi connectivity index (χ3v) is 5.20. The Morgan fingerprint density at radius 1 is 0.839 bits per heavy atom. The first-order chi connectivity index (χ1) is 14.7. The summed E-state index contributed by atoms with van der Waals surface area (Å²) >= 11 is 0. The van der Waals surface area contributed by atoms with Crippen molar-refractivity contribution in [3.63, 3.8) is 0 Å². The van der Waals surface area contributed by atoms with Crippen molar-refractivity contribution in [3.05, 3.63) is 0 Å². The number of carbonyl (C=O) groups excluding carboxylic acids is 2. The predicted octanol–water partition coefficient (Wildman–Crippen LogP) is 3.39. The summed E-state index contributed by atoms with van der Waals surface area (Å²) in [6, 6.07) is 0. The number of hydrogen-bond acceptors (Lipinski definition) is 8. The Hall–Kier alpha value is -0.990. The van der Waals surface area contributed by atoms with Crippen LogP contribution in [-0.4, -0.2) is 47.9 Å². The lowest BCUT2D eigenvalue weighted by Crippen LogP contribution is -2.29. The van der Waals surface area contributed by atoms with Gasteiger partial charge >= 0.3 is 11.9 Å². The van der Waals surface area contributed by atoms with Crippen LogP contribution in [0.2, 0.25) is 0 Å². The maximum Gasteiger partial charge on any atom is 0.305 e. The first-order valence-corrected chi connectivity index (χ1v) is 12.9. The Bertz CT molecular complexity index is 507. The van der Waals surface area contributed by atoms with Crippen LogP contribution in [0, 0.1) is 0 Å². The van der Waals surface area contributed by atoms with Crippen molar-refractivity contribution < 1.29 is 43.0 Å². The molecule has 2 unspecified atom stereocenters. The molecule has 0 aromatic heterocycles. The number of aliphatic hydroxyl groups excluding tert-OH is 1. The van der Waals surface area contributed by atoms with Crippen LogP contribution in [0.5, 0.6) is 0 Å². The van der Waals surface area contributed by atoms with Gasteiger partial charge < -0.3 is 28.9 Å². The number of phosphoric acid groups is 1. The Balaban J connectivity index is 3.61. The molecular weight excluding hydrogens is 427 g/mol. The van der Waals surface area contributed by atoms with Gasteiger partial charge in [0.2, 0.25) is 0 Å². The van der Waals surface area contributed by atoms with E-state index >= 15 is 0 Å². The Morgan fingerprint density at radius 3 is 1.71 bits per heavy atom. The summed E-state index contributed by atoms with van der Waals surface area (Å²) in [6.45, 7) is 0.479. The molecule has 0 amide bonds. The van der Waals surface area contributed by atoms with Gasteiger partial charge in [-0.15, -0.1) is 0 Å². The molecule has 0 spiro atoms. The van der Waals surface area contributed by atoms with E-state index in [1.807, 2.05) is 0 Å². The molecule has 0 aromatic rings. The van der Waals surface area contributed by atoms with Crippen molar-refractivity contribution in [1.82, 2.24) is 0 Å². The Morgan fingerprint density at radius 2 is 1.29 bits per heavy atom. The van der Waals surface area contributed by atoms with Crippen LogP contribution in [0.4, 0.5) is 0 Å². The van der Waals surface area contributed by atoms with E-state index in [0.717, 1.165) is 39.0 Å². The molecule has 0 rings (SSSR count). The third kappa shape index (κ3) is 23.5. The van der Waals surface area contributed by atoms with Crippen LogP contribution in [-0.2, 0) is 28.2 Å². The molecule has 2 atom stereocenters. The molecule has 184 valence electrons. The van der Waals surface area contributed by atoms with Crippen LogP contribution in [0.15, 0.2) is 0 Å². The zero-order valence-corrected chi connectivity index (χ0v) is 19.7. The van der Waals surface area contributed by atoms with Crippen molar-refractivity contribution in [2.24, 2.45) is 0 Å². The molecule has 0 radical (unpaired) electrons. The largest absolute Gasteiger partial charge is 0.756 e. The van der Waals surface area contributed by atoms with Gasteiger partial charge in [0.25, 0.3) is 7.82 Å². The molecule has 0 aliphatic heterocycles. The third-order valence-electron chi connectivity index (χ3n) is 4.73. The van der Waals surface area contributed by atoms with E-state index in [0.29, 0.717) is 13.0 Å². The first-order valence-electron chi connectivity index (χ1n) is 11.4. The lowest BCUT2D eigenvalue weighted by atomic mass is 10.0. The minimum absolute atomic E-state index is 0.240. The van der Waals surface area contributed by atoms with Gasteiger partial charge in [-0.05, 0) is 12.8 Å². The summed E-state index contributed by atoms with van der Waals surface area (Å²) in [7, 11) is -4.94. The zero-order valence-electron chi connectivity index (χ0n) is 18.8. The van der Waals surface area contributed by atoms with E-state index in [2.05, 4.69) is 4.52 Å². The van der Waals surface area contributed by atoms with Crippen LogP contribution >= 0.6 is 7.82 Å². The lowest BCUT2D eigenvalue weighted by Gasteiger charge is -2.21. The maximum atomic E-state index is 11.8. The summed E-state index contributed by atoms with van der Waals surface area (Å²) in [5, 5.41) is 8.72. The molecule has 0 saturated heterocycles. The monoisotopic (exact) mass is 467 g/mol. The number of esters is 2. The summed E-state index contributed by atoms with van der Waals surface area (Å²) < 4.78 is 24.6. The molecule has 0 fully saturated rings. The number of rotatable bonds is 21. The number of aliphatic hydroxyl groups is 1. The summed E-state index contributed by atoms with van der Waals surface area (Å²) in [4.78, 5) is 42.0. The van der Waals surface area contributed by atoms with Gasteiger partial charge in [0.1, 0.15) is 6.61 Å². The van der Waals surface area contributed by atoms with Crippen molar-refractivity contribution in [2.75, 3.05) is 19.8 Å². The standard InChI is InChI=1S/C21H41O9P/c1-19(23)30-20(18-29-31(25,26)27)17-28-21(24)15-13-11-9-7-5-3-2-4-6-8-10-12-14-16-22/h20,22H,2-18H2,1H3,(H2,25,26,27)/p-1. The molecule has 10 heteroatoms. The SMILES string of the molecule is CC(=O)OC(COC(=O)CCCCCCCCCCCCCCCO)COP(=O)([O-])O. The molecule has 31 heavy (non-hydrogen) atoms. The van der Waals surface area contributed by atoms with Gasteiger partial charge in [-0.3, -0.25) is 14.2 Å². The molecule has 0 saturated carbocycles. The fourth-order valence-electron chi connectivity index (χ4n) is 3.11. The highest BCUT2D eigenvalue weighted by molar-refractivity contribution is 7.44. The van der Waals surface area contributed by atoms with Crippen molar-refractivity contribution >= 4 is 19.8 Å². The van der Waals surface area contributed by atoms with Crippen molar-refractivity contribution in [3.8, 4) is 0 Å². The normalized spacial score (nSPS) is 14.1. The minimum Gasteiger partial charge on any atom is -0.756 e. The number of carbonyl (C=O) groups is 2. The molecule has 0 aliphatic carbocycles. The second-order valence-corrected chi connectivity index (χ2v) is 8.94. The van der Waals surface area contributed by atoms with Gasteiger partial charge in [-0.2, -0.15) is 0 Å². The van der Waals surface area contributed by atoms with Crippen LogP contribution in [0.1, 0.15) is 96.8 Å². The number of phosphoric ester groups is 1. The quantitative estimate of drug-likeness (QED) is 0.147. The number of ether oxygens (including phenoxy) is 2. The highest BCUT2D eigenvalue weighted by Crippen LogP contribution is 2.30. The van der Waals surface area contributed by atoms with Gasteiger partial charge in [0.15, 0.2) is 6.10 Å². The summed E-state index contributed by atoms with van der Waals surface area (Å²) in [5.41, 5.74) is 0. The first kappa shape index (κ1) is 30.0. The van der Waals surface area contributed by atoms with E-state index in [1.54, 1.807) is 0 Å². The highest BCUT2D eigenvalue weighted by Gasteiger charge is 2.18. The fraction of sp³-hybridized carbons (Fsp3) is 0.905. The lowest BCUT2D eigenvalue weighted by molar-refractivity contribution is -0.222. The maximum absolute atomic E-state index is 11.8.